The Balaban J connectivity index is 1.66. The lowest BCUT2D eigenvalue weighted by Gasteiger charge is -2.10. The molecule has 3 rings (SSSR count). The third-order valence-corrected chi connectivity index (χ3v) is 6.79. The molecule has 0 aliphatic rings. The Hall–Kier alpha value is -2.89. The standard InChI is InChI=1S/C19H20N4O5S2/c1-12(17(24)22-18(25)20-13-7-5-4-6-8-13)29-19-21-15-11-14(9-10-16(15)28-19)30(26,27)23(2)3/h4-12H,1-3H3,(H2,20,22,24,25). The van der Waals surface area contributed by atoms with E-state index in [1.165, 1.54) is 32.3 Å². The maximum absolute atomic E-state index is 12.3. The Morgan fingerprint density at radius 3 is 2.50 bits per heavy atom. The van der Waals surface area contributed by atoms with E-state index in [0.717, 1.165) is 16.1 Å². The molecule has 2 N–H and O–H groups in total. The van der Waals surface area contributed by atoms with Gasteiger partial charge in [-0.15, -0.1) is 0 Å². The van der Waals surface area contributed by atoms with Crippen LogP contribution < -0.4 is 10.6 Å². The zero-order chi connectivity index (χ0) is 21.9. The maximum atomic E-state index is 12.3. The van der Waals surface area contributed by atoms with Crippen LogP contribution in [0.15, 0.2) is 63.1 Å². The van der Waals surface area contributed by atoms with Gasteiger partial charge in [0.15, 0.2) is 5.58 Å². The van der Waals surface area contributed by atoms with Crippen molar-refractivity contribution in [3.63, 3.8) is 0 Å². The number of rotatable bonds is 6. The summed E-state index contributed by atoms with van der Waals surface area (Å²) in [6.07, 6.45) is 0. The molecule has 0 bridgehead atoms. The number of sulfonamides is 1. The molecule has 1 unspecified atom stereocenters. The third-order valence-electron chi connectivity index (χ3n) is 4.03. The number of amides is 3. The van der Waals surface area contributed by atoms with Crippen LogP contribution in [0.1, 0.15) is 6.92 Å². The van der Waals surface area contributed by atoms with Gasteiger partial charge in [0.2, 0.25) is 15.9 Å². The first-order chi connectivity index (χ1) is 14.2. The topological polar surface area (TPSA) is 122 Å². The van der Waals surface area contributed by atoms with E-state index in [-0.39, 0.29) is 10.1 Å². The number of carbonyl (C=O) groups is 2. The van der Waals surface area contributed by atoms with Gasteiger partial charge >= 0.3 is 6.03 Å². The number of para-hydroxylation sites is 1. The highest BCUT2D eigenvalue weighted by atomic mass is 32.2. The Bertz CT molecular complexity index is 1180. The van der Waals surface area contributed by atoms with Crippen molar-refractivity contribution in [2.45, 2.75) is 22.3 Å². The molecular formula is C19H20N4O5S2. The number of nitrogens with one attached hydrogen (secondary N) is 2. The molecule has 3 amide bonds. The largest absolute Gasteiger partial charge is 0.431 e. The monoisotopic (exact) mass is 448 g/mol. The molecule has 3 aromatic rings. The molecule has 1 atom stereocenters. The number of hydrogen-bond donors (Lipinski definition) is 2. The Morgan fingerprint density at radius 2 is 1.83 bits per heavy atom. The molecule has 9 nitrogen and oxygen atoms in total. The zero-order valence-corrected chi connectivity index (χ0v) is 18.1. The number of thioether (sulfide) groups is 1. The highest BCUT2D eigenvalue weighted by Crippen LogP contribution is 2.28. The van der Waals surface area contributed by atoms with E-state index < -0.39 is 27.2 Å². The maximum Gasteiger partial charge on any atom is 0.325 e. The average Bonchev–Trinajstić information content (AvgIpc) is 3.09. The average molecular weight is 449 g/mol. The highest BCUT2D eigenvalue weighted by Gasteiger charge is 2.22. The number of oxazole rings is 1. The van der Waals surface area contributed by atoms with Gasteiger partial charge in [0.1, 0.15) is 5.52 Å². The van der Waals surface area contributed by atoms with Crippen LogP contribution in [-0.4, -0.2) is 49.0 Å². The summed E-state index contributed by atoms with van der Waals surface area (Å²) in [5.74, 6) is -0.522. The summed E-state index contributed by atoms with van der Waals surface area (Å²) in [5.41, 5.74) is 1.31. The molecule has 0 spiro atoms. The first kappa shape index (κ1) is 21.8. The van der Waals surface area contributed by atoms with Gasteiger partial charge in [0, 0.05) is 19.8 Å². The molecule has 0 aliphatic heterocycles. The number of aromatic nitrogens is 1. The van der Waals surface area contributed by atoms with Crippen LogP contribution in [0.25, 0.3) is 11.1 Å². The zero-order valence-electron chi connectivity index (χ0n) is 16.4. The van der Waals surface area contributed by atoms with Crippen LogP contribution in [0.4, 0.5) is 10.5 Å². The first-order valence-electron chi connectivity index (χ1n) is 8.83. The van der Waals surface area contributed by atoms with E-state index in [1.807, 2.05) is 6.07 Å². The van der Waals surface area contributed by atoms with Crippen LogP contribution in [0.2, 0.25) is 0 Å². The number of urea groups is 1. The minimum Gasteiger partial charge on any atom is -0.431 e. The van der Waals surface area contributed by atoms with Gasteiger partial charge in [-0.25, -0.2) is 22.5 Å². The Morgan fingerprint density at radius 1 is 1.13 bits per heavy atom. The predicted molar refractivity (Wildman–Crippen MR) is 114 cm³/mol. The van der Waals surface area contributed by atoms with Crippen molar-refractivity contribution >= 4 is 50.5 Å². The van der Waals surface area contributed by atoms with Gasteiger partial charge in [-0.3, -0.25) is 10.1 Å². The first-order valence-corrected chi connectivity index (χ1v) is 11.2. The number of hydrogen-bond acceptors (Lipinski definition) is 7. The predicted octanol–water partition coefficient (Wildman–Crippen LogP) is 2.91. The fraction of sp³-hybridized carbons (Fsp3) is 0.211. The quantitative estimate of drug-likeness (QED) is 0.556. The van der Waals surface area contributed by atoms with Crippen molar-refractivity contribution < 1.29 is 22.4 Å². The fourth-order valence-electron chi connectivity index (χ4n) is 2.41. The molecule has 0 fully saturated rings. The molecule has 0 aliphatic carbocycles. The molecule has 30 heavy (non-hydrogen) atoms. The van der Waals surface area contributed by atoms with Gasteiger partial charge in [0.05, 0.1) is 10.1 Å². The summed E-state index contributed by atoms with van der Waals surface area (Å²) in [4.78, 5) is 28.6. The van der Waals surface area contributed by atoms with E-state index in [1.54, 1.807) is 31.2 Å². The molecule has 1 aromatic heterocycles. The Labute approximate surface area is 177 Å². The number of nitrogens with zero attached hydrogens (tertiary/aromatic N) is 2. The molecule has 2 aromatic carbocycles. The van der Waals surface area contributed by atoms with E-state index in [4.69, 9.17) is 4.42 Å². The van der Waals surface area contributed by atoms with Crippen molar-refractivity contribution in [2.24, 2.45) is 0 Å². The SMILES string of the molecule is CC(Sc1nc2cc(S(=O)(=O)N(C)C)ccc2o1)C(=O)NC(=O)Nc1ccccc1. The highest BCUT2D eigenvalue weighted by molar-refractivity contribution is 8.00. The van der Waals surface area contributed by atoms with Gasteiger partial charge in [-0.2, -0.15) is 0 Å². The summed E-state index contributed by atoms with van der Waals surface area (Å²) in [7, 11) is -0.714. The van der Waals surface area contributed by atoms with Crippen LogP contribution in [0.5, 0.6) is 0 Å². The number of anilines is 1. The minimum atomic E-state index is -3.60. The second-order valence-electron chi connectivity index (χ2n) is 6.47. The third kappa shape index (κ3) is 4.99. The number of benzene rings is 2. The molecule has 158 valence electrons. The summed E-state index contributed by atoms with van der Waals surface area (Å²) in [6, 6.07) is 12.5. The van der Waals surface area contributed by atoms with E-state index in [9.17, 15) is 18.0 Å². The smallest absolute Gasteiger partial charge is 0.325 e. The van der Waals surface area contributed by atoms with Crippen molar-refractivity contribution in [2.75, 3.05) is 19.4 Å². The van der Waals surface area contributed by atoms with Crippen LogP contribution in [0, 0.1) is 0 Å². The van der Waals surface area contributed by atoms with Gasteiger partial charge in [-0.05, 0) is 37.3 Å². The summed E-state index contributed by atoms with van der Waals surface area (Å²) in [5, 5.41) is 4.34. The van der Waals surface area contributed by atoms with E-state index >= 15 is 0 Å². The molecular weight excluding hydrogens is 428 g/mol. The number of imide groups is 1. The van der Waals surface area contributed by atoms with Crippen molar-refractivity contribution in [1.29, 1.82) is 0 Å². The lowest BCUT2D eigenvalue weighted by molar-refractivity contribution is -0.119. The molecule has 0 saturated heterocycles. The lowest BCUT2D eigenvalue weighted by atomic mass is 10.3. The molecule has 11 heteroatoms. The van der Waals surface area contributed by atoms with Crippen LogP contribution in [-0.2, 0) is 14.8 Å². The van der Waals surface area contributed by atoms with Crippen LogP contribution >= 0.6 is 11.8 Å². The van der Waals surface area contributed by atoms with E-state index in [0.29, 0.717) is 16.8 Å². The second-order valence-corrected chi connectivity index (χ2v) is 9.91. The van der Waals surface area contributed by atoms with Crippen LogP contribution in [0.3, 0.4) is 0 Å². The van der Waals surface area contributed by atoms with Gasteiger partial charge < -0.3 is 9.73 Å². The Kier molecular flexibility index (Phi) is 6.44. The normalized spacial score (nSPS) is 12.7. The minimum absolute atomic E-state index is 0.0909. The summed E-state index contributed by atoms with van der Waals surface area (Å²) in [6.45, 7) is 1.60. The van der Waals surface area contributed by atoms with Gasteiger partial charge in [0.25, 0.3) is 5.22 Å². The summed E-state index contributed by atoms with van der Waals surface area (Å²) < 4.78 is 31.2. The van der Waals surface area contributed by atoms with Crippen molar-refractivity contribution in [3.8, 4) is 0 Å². The van der Waals surface area contributed by atoms with Crippen molar-refractivity contribution in [3.05, 3.63) is 48.5 Å². The lowest BCUT2D eigenvalue weighted by Crippen LogP contribution is -2.38. The summed E-state index contributed by atoms with van der Waals surface area (Å²) >= 11 is 1.02. The number of fused-ring (bicyclic) bond motifs is 1. The van der Waals surface area contributed by atoms with Crippen molar-refractivity contribution in [1.82, 2.24) is 14.6 Å². The number of carbonyl (C=O) groups excluding carboxylic acids is 2. The molecule has 0 saturated carbocycles. The van der Waals surface area contributed by atoms with Gasteiger partial charge in [-0.1, -0.05) is 30.0 Å². The molecule has 0 radical (unpaired) electrons. The van der Waals surface area contributed by atoms with E-state index in [2.05, 4.69) is 15.6 Å². The second kappa shape index (κ2) is 8.86. The molecule has 1 heterocycles. The fourth-order valence-corrected chi connectivity index (χ4v) is 4.09.